The van der Waals surface area contributed by atoms with Crippen molar-refractivity contribution in [2.24, 2.45) is 0 Å². The lowest BCUT2D eigenvalue weighted by molar-refractivity contribution is 0.102. The number of nitrogens with one attached hydrogen (secondary N) is 2. The Morgan fingerprint density at radius 2 is 1.50 bits per heavy atom. The van der Waals surface area contributed by atoms with Crippen LogP contribution in [0.3, 0.4) is 0 Å². The molecule has 0 saturated carbocycles. The third kappa shape index (κ3) is 3.58. The van der Waals surface area contributed by atoms with Gasteiger partial charge in [0.1, 0.15) is 0 Å². The van der Waals surface area contributed by atoms with E-state index in [-0.39, 0.29) is 6.04 Å². The van der Waals surface area contributed by atoms with Crippen molar-refractivity contribution in [1.29, 1.82) is 0 Å². The number of benzene rings is 2. The van der Waals surface area contributed by atoms with Crippen LogP contribution < -0.4 is 10.6 Å². The summed E-state index contributed by atoms with van der Waals surface area (Å²) in [6.45, 7) is 3.98. The number of rotatable bonds is 4. The molecule has 0 aliphatic carbocycles. The van der Waals surface area contributed by atoms with Gasteiger partial charge in [0.15, 0.2) is 17.5 Å². The summed E-state index contributed by atoms with van der Waals surface area (Å²) in [5.41, 5.74) is 0.735. The summed E-state index contributed by atoms with van der Waals surface area (Å²) in [5.74, 6) is -5.35. The zero-order valence-electron chi connectivity index (χ0n) is 12.1. The maximum absolute atomic E-state index is 13.5. The predicted octanol–water partition coefficient (Wildman–Crippen LogP) is 4.18. The van der Waals surface area contributed by atoms with E-state index in [2.05, 4.69) is 10.6 Å². The smallest absolute Gasteiger partial charge is 0.258 e. The molecule has 2 N–H and O–H groups in total. The Bertz CT molecular complexity index is 685. The Morgan fingerprint density at radius 1 is 0.909 bits per heavy atom. The van der Waals surface area contributed by atoms with Crippen LogP contribution in [0.4, 0.5) is 24.5 Å². The van der Waals surface area contributed by atoms with Crippen molar-refractivity contribution in [2.45, 2.75) is 19.9 Å². The fraction of sp³-hybridized carbons (Fsp3) is 0.188. The number of anilines is 2. The van der Waals surface area contributed by atoms with Gasteiger partial charge in [0, 0.05) is 17.4 Å². The topological polar surface area (TPSA) is 41.1 Å². The van der Waals surface area contributed by atoms with Crippen LogP contribution in [0.2, 0.25) is 0 Å². The highest BCUT2D eigenvalue weighted by atomic mass is 19.2. The van der Waals surface area contributed by atoms with E-state index >= 15 is 0 Å². The minimum atomic E-state index is -1.66. The molecule has 2 aromatic carbocycles. The second kappa shape index (κ2) is 6.51. The van der Waals surface area contributed by atoms with Gasteiger partial charge in [-0.2, -0.15) is 0 Å². The van der Waals surface area contributed by atoms with Crippen LogP contribution in [0, 0.1) is 17.5 Å². The first-order valence-electron chi connectivity index (χ1n) is 6.70. The number of carbonyl (C=O) groups is 1. The molecule has 0 aliphatic heterocycles. The number of halogens is 3. The molecule has 0 bridgehead atoms. The van der Waals surface area contributed by atoms with Crippen LogP contribution in [-0.4, -0.2) is 11.9 Å². The zero-order chi connectivity index (χ0) is 16.3. The number of carbonyl (C=O) groups excluding carboxylic acids is 1. The van der Waals surface area contributed by atoms with Gasteiger partial charge in [-0.1, -0.05) is 0 Å². The van der Waals surface area contributed by atoms with Crippen molar-refractivity contribution in [3.8, 4) is 0 Å². The highest BCUT2D eigenvalue weighted by Crippen LogP contribution is 2.18. The zero-order valence-corrected chi connectivity index (χ0v) is 12.1. The largest absolute Gasteiger partial charge is 0.383 e. The fourth-order valence-electron chi connectivity index (χ4n) is 1.88. The molecule has 0 radical (unpaired) electrons. The van der Waals surface area contributed by atoms with Crippen molar-refractivity contribution in [2.75, 3.05) is 10.6 Å². The molecule has 2 rings (SSSR count). The summed E-state index contributed by atoms with van der Waals surface area (Å²) < 4.78 is 39.5. The van der Waals surface area contributed by atoms with Gasteiger partial charge in [0.2, 0.25) is 0 Å². The van der Waals surface area contributed by atoms with Crippen LogP contribution in [0.5, 0.6) is 0 Å². The molecule has 0 heterocycles. The van der Waals surface area contributed by atoms with Crippen LogP contribution in [0.25, 0.3) is 0 Å². The molecule has 0 unspecified atom stereocenters. The Labute approximate surface area is 126 Å². The predicted molar refractivity (Wildman–Crippen MR) is 79.5 cm³/mol. The van der Waals surface area contributed by atoms with Crippen LogP contribution >= 0.6 is 0 Å². The minimum Gasteiger partial charge on any atom is -0.383 e. The van der Waals surface area contributed by atoms with E-state index in [4.69, 9.17) is 0 Å². The highest BCUT2D eigenvalue weighted by Gasteiger charge is 2.18. The molecular formula is C16H15F3N2O. The second-order valence-corrected chi connectivity index (χ2v) is 5.05. The number of hydrogen-bond donors (Lipinski definition) is 2. The van der Waals surface area contributed by atoms with Crippen LogP contribution in [0.1, 0.15) is 24.2 Å². The maximum atomic E-state index is 13.5. The first-order chi connectivity index (χ1) is 10.4. The summed E-state index contributed by atoms with van der Waals surface area (Å²) in [4.78, 5) is 11.9. The van der Waals surface area contributed by atoms with Gasteiger partial charge >= 0.3 is 0 Å². The van der Waals surface area contributed by atoms with Crippen LogP contribution in [-0.2, 0) is 0 Å². The van der Waals surface area contributed by atoms with Gasteiger partial charge in [-0.25, -0.2) is 13.2 Å². The average molecular weight is 308 g/mol. The molecule has 0 aliphatic rings. The Morgan fingerprint density at radius 3 is 2.09 bits per heavy atom. The normalized spacial score (nSPS) is 10.6. The van der Waals surface area contributed by atoms with Gasteiger partial charge < -0.3 is 10.6 Å². The quantitative estimate of drug-likeness (QED) is 0.832. The van der Waals surface area contributed by atoms with Gasteiger partial charge in [-0.05, 0) is 50.2 Å². The second-order valence-electron chi connectivity index (χ2n) is 5.05. The van der Waals surface area contributed by atoms with Crippen molar-refractivity contribution >= 4 is 17.3 Å². The van der Waals surface area contributed by atoms with Gasteiger partial charge in [0.25, 0.3) is 5.91 Å². The van der Waals surface area contributed by atoms with E-state index in [9.17, 15) is 18.0 Å². The van der Waals surface area contributed by atoms with Crippen molar-refractivity contribution < 1.29 is 18.0 Å². The SMILES string of the molecule is CC(C)Nc1ccc(NC(=O)c2ccc(F)c(F)c2F)cc1. The molecule has 116 valence electrons. The maximum Gasteiger partial charge on any atom is 0.258 e. The van der Waals surface area contributed by atoms with Crippen LogP contribution in [0.15, 0.2) is 36.4 Å². The Hall–Kier alpha value is -2.50. The minimum absolute atomic E-state index is 0.261. The standard InChI is InChI=1S/C16H15F3N2O/c1-9(2)20-10-3-5-11(6-4-10)21-16(22)12-7-8-13(17)15(19)14(12)18/h3-9,20H,1-2H3,(H,21,22). The van der Waals surface area contributed by atoms with Gasteiger partial charge in [-0.3, -0.25) is 4.79 Å². The lowest BCUT2D eigenvalue weighted by Crippen LogP contribution is -2.15. The molecule has 1 amide bonds. The molecule has 0 atom stereocenters. The first-order valence-corrected chi connectivity index (χ1v) is 6.70. The van der Waals surface area contributed by atoms with E-state index in [1.54, 1.807) is 24.3 Å². The van der Waals surface area contributed by atoms with E-state index in [0.29, 0.717) is 11.8 Å². The summed E-state index contributed by atoms with van der Waals surface area (Å²) in [5, 5.41) is 5.61. The third-order valence-electron chi connectivity index (χ3n) is 2.88. The first kappa shape index (κ1) is 15.9. The summed E-state index contributed by atoms with van der Waals surface area (Å²) in [6.07, 6.45) is 0. The lowest BCUT2D eigenvalue weighted by Gasteiger charge is -2.11. The molecule has 0 fully saturated rings. The Balaban J connectivity index is 2.14. The monoisotopic (exact) mass is 308 g/mol. The van der Waals surface area contributed by atoms with Crippen molar-refractivity contribution in [3.63, 3.8) is 0 Å². The molecule has 3 nitrogen and oxygen atoms in total. The molecule has 2 aromatic rings. The summed E-state index contributed by atoms with van der Waals surface area (Å²) in [6, 6.07) is 8.62. The molecule has 0 aromatic heterocycles. The lowest BCUT2D eigenvalue weighted by atomic mass is 10.1. The van der Waals surface area contributed by atoms with Gasteiger partial charge in [-0.15, -0.1) is 0 Å². The Kier molecular flexibility index (Phi) is 4.70. The molecule has 0 saturated heterocycles. The average Bonchev–Trinajstić information content (AvgIpc) is 2.46. The molecular weight excluding hydrogens is 293 g/mol. The molecule has 6 heteroatoms. The van der Waals surface area contributed by atoms with E-state index < -0.39 is 28.9 Å². The summed E-state index contributed by atoms with van der Waals surface area (Å²) in [7, 11) is 0. The van der Waals surface area contributed by atoms with Crippen molar-refractivity contribution in [3.05, 3.63) is 59.4 Å². The number of hydrogen-bond acceptors (Lipinski definition) is 2. The van der Waals surface area contributed by atoms with E-state index in [1.165, 1.54) is 0 Å². The summed E-state index contributed by atoms with van der Waals surface area (Å²) >= 11 is 0. The highest BCUT2D eigenvalue weighted by molar-refractivity contribution is 6.04. The molecule has 22 heavy (non-hydrogen) atoms. The van der Waals surface area contributed by atoms with E-state index in [0.717, 1.165) is 11.8 Å². The third-order valence-corrected chi connectivity index (χ3v) is 2.88. The van der Waals surface area contributed by atoms with Crippen molar-refractivity contribution in [1.82, 2.24) is 0 Å². The fourth-order valence-corrected chi connectivity index (χ4v) is 1.88. The molecule has 0 spiro atoms. The number of amides is 1. The van der Waals surface area contributed by atoms with E-state index in [1.807, 2.05) is 13.8 Å². The van der Waals surface area contributed by atoms with Gasteiger partial charge in [0.05, 0.1) is 5.56 Å².